The van der Waals surface area contributed by atoms with E-state index in [0.717, 1.165) is 53.0 Å². The maximum atomic E-state index is 12.7. The first-order valence-corrected chi connectivity index (χ1v) is 10.8. The number of fused-ring (bicyclic) bond motifs is 2. The van der Waals surface area contributed by atoms with Crippen LogP contribution in [0.2, 0.25) is 0 Å². The van der Waals surface area contributed by atoms with Crippen LogP contribution in [-0.4, -0.2) is 54.8 Å². The molecule has 2 aromatic rings. The van der Waals surface area contributed by atoms with E-state index in [1.54, 1.807) is 7.11 Å². The highest BCUT2D eigenvalue weighted by molar-refractivity contribution is 6.04. The molecule has 2 aliphatic heterocycles. The topological polar surface area (TPSA) is 54.4 Å². The quantitative estimate of drug-likeness (QED) is 0.701. The van der Waals surface area contributed by atoms with Crippen molar-refractivity contribution in [2.24, 2.45) is 10.4 Å². The molecule has 0 aromatic heterocycles. The van der Waals surface area contributed by atoms with E-state index in [1.807, 2.05) is 48.2 Å². The van der Waals surface area contributed by atoms with Crippen molar-refractivity contribution in [2.75, 3.05) is 33.3 Å². The van der Waals surface area contributed by atoms with Gasteiger partial charge in [0.1, 0.15) is 23.0 Å². The summed E-state index contributed by atoms with van der Waals surface area (Å²) >= 11 is 0. The molecule has 1 fully saturated rings. The minimum atomic E-state index is -0.00321. The number of piperazine rings is 1. The van der Waals surface area contributed by atoms with Crippen molar-refractivity contribution < 1.29 is 14.3 Å². The molecular weight excluding hydrogens is 390 g/mol. The molecule has 0 atom stereocenters. The number of benzene rings is 2. The Hall–Kier alpha value is -3.02. The van der Waals surface area contributed by atoms with Gasteiger partial charge in [-0.3, -0.25) is 4.79 Å². The summed E-state index contributed by atoms with van der Waals surface area (Å²) in [6.07, 6.45) is 0.567. The van der Waals surface area contributed by atoms with Gasteiger partial charge in [0.25, 0.3) is 0 Å². The van der Waals surface area contributed by atoms with Gasteiger partial charge in [-0.2, -0.15) is 0 Å². The molecule has 4 rings (SSSR count). The lowest BCUT2D eigenvalue weighted by Crippen LogP contribution is -2.51. The average molecular weight is 422 g/mol. The van der Waals surface area contributed by atoms with E-state index in [0.29, 0.717) is 19.5 Å². The van der Waals surface area contributed by atoms with Crippen molar-refractivity contribution in [3.05, 3.63) is 47.5 Å². The molecular formula is C25H31N3O3. The zero-order valence-electron chi connectivity index (χ0n) is 19.1. The van der Waals surface area contributed by atoms with E-state index in [1.165, 1.54) is 0 Å². The number of ether oxygens (including phenoxy) is 2. The van der Waals surface area contributed by atoms with Gasteiger partial charge in [0, 0.05) is 38.7 Å². The Bertz CT molecular complexity index is 1020. The third-order valence-corrected chi connectivity index (χ3v) is 5.60. The highest BCUT2D eigenvalue weighted by Crippen LogP contribution is 2.40. The number of aliphatic imine (C=N–C) groups is 1. The molecule has 6 nitrogen and oxygen atoms in total. The Kier molecular flexibility index (Phi) is 5.65. The smallest absolute Gasteiger partial charge is 0.223 e. The van der Waals surface area contributed by atoms with Crippen LogP contribution in [0.5, 0.6) is 17.2 Å². The van der Waals surface area contributed by atoms with Gasteiger partial charge in [-0.15, -0.1) is 0 Å². The summed E-state index contributed by atoms with van der Waals surface area (Å²) < 4.78 is 11.7. The predicted molar refractivity (Wildman–Crippen MR) is 123 cm³/mol. The highest BCUT2D eigenvalue weighted by Gasteiger charge is 2.29. The molecule has 1 amide bonds. The fourth-order valence-electron chi connectivity index (χ4n) is 3.96. The second kappa shape index (κ2) is 8.25. The lowest BCUT2D eigenvalue weighted by Gasteiger charge is -2.37. The van der Waals surface area contributed by atoms with Gasteiger partial charge in [0.05, 0.1) is 12.7 Å². The zero-order chi connectivity index (χ0) is 22.2. The van der Waals surface area contributed by atoms with Gasteiger partial charge in [-0.1, -0.05) is 26.8 Å². The lowest BCUT2D eigenvalue weighted by atomic mass is 9.91. The summed E-state index contributed by atoms with van der Waals surface area (Å²) in [5.74, 6) is 3.32. The molecule has 0 unspecified atom stereocenters. The van der Waals surface area contributed by atoms with Crippen molar-refractivity contribution in [1.29, 1.82) is 0 Å². The van der Waals surface area contributed by atoms with Gasteiger partial charge in [0.15, 0.2) is 5.75 Å². The number of amides is 1. The van der Waals surface area contributed by atoms with Crippen LogP contribution < -0.4 is 9.47 Å². The molecule has 31 heavy (non-hydrogen) atoms. The molecule has 0 saturated carbocycles. The van der Waals surface area contributed by atoms with Gasteiger partial charge >= 0.3 is 0 Å². The summed E-state index contributed by atoms with van der Waals surface area (Å²) in [6, 6.07) is 11.9. The number of aryl methyl sites for hydroxylation is 1. The van der Waals surface area contributed by atoms with Crippen LogP contribution >= 0.6 is 0 Å². The molecule has 2 aromatic carbocycles. The highest BCUT2D eigenvalue weighted by atomic mass is 16.5. The molecule has 2 aliphatic rings. The first kappa shape index (κ1) is 21.2. The minimum Gasteiger partial charge on any atom is -0.497 e. The standard InChI is InChI=1S/C25H31N3O3/c1-17-6-9-20-22(14-17)31-21-15-18(30-5)7-8-19(21)24(26-20)28-12-10-27(11-13-28)23(29)16-25(2,3)4/h6-9,14-15H,10-13,16H2,1-5H3. The number of methoxy groups -OCH3 is 1. The molecule has 0 spiro atoms. The van der Waals surface area contributed by atoms with Crippen LogP contribution in [0.25, 0.3) is 0 Å². The van der Waals surface area contributed by atoms with Crippen LogP contribution in [0.3, 0.4) is 0 Å². The number of rotatable bonds is 2. The van der Waals surface area contributed by atoms with Crippen LogP contribution in [0.4, 0.5) is 5.69 Å². The summed E-state index contributed by atoms with van der Waals surface area (Å²) in [7, 11) is 1.65. The predicted octanol–water partition coefficient (Wildman–Crippen LogP) is 4.77. The van der Waals surface area contributed by atoms with E-state index in [2.05, 4.69) is 25.7 Å². The van der Waals surface area contributed by atoms with E-state index in [9.17, 15) is 4.79 Å². The molecule has 1 saturated heterocycles. The van der Waals surface area contributed by atoms with Crippen molar-refractivity contribution in [1.82, 2.24) is 9.80 Å². The van der Waals surface area contributed by atoms with Gasteiger partial charge in [0.2, 0.25) is 5.91 Å². The Labute approximate surface area is 184 Å². The van der Waals surface area contributed by atoms with Crippen molar-refractivity contribution in [2.45, 2.75) is 34.1 Å². The van der Waals surface area contributed by atoms with Crippen molar-refractivity contribution in [3.63, 3.8) is 0 Å². The molecule has 6 heteroatoms. The Balaban J connectivity index is 1.63. The Morgan fingerprint density at radius 3 is 2.48 bits per heavy atom. The third-order valence-electron chi connectivity index (χ3n) is 5.60. The largest absolute Gasteiger partial charge is 0.497 e. The number of amidine groups is 1. The number of nitrogens with zero attached hydrogens (tertiary/aromatic N) is 3. The molecule has 164 valence electrons. The number of hydrogen-bond acceptors (Lipinski definition) is 5. The SMILES string of the molecule is COc1ccc2c(c1)Oc1cc(C)ccc1N=C2N1CCN(C(=O)CC(C)(C)C)CC1. The van der Waals surface area contributed by atoms with E-state index >= 15 is 0 Å². The Morgan fingerprint density at radius 1 is 1.06 bits per heavy atom. The zero-order valence-corrected chi connectivity index (χ0v) is 19.1. The fraction of sp³-hybridized carbons (Fsp3) is 0.440. The van der Waals surface area contributed by atoms with Gasteiger partial charge < -0.3 is 19.3 Å². The van der Waals surface area contributed by atoms with E-state index in [-0.39, 0.29) is 11.3 Å². The number of hydrogen-bond donors (Lipinski definition) is 0. The molecule has 0 bridgehead atoms. The maximum absolute atomic E-state index is 12.7. The van der Waals surface area contributed by atoms with Gasteiger partial charge in [-0.25, -0.2) is 4.99 Å². The molecule has 2 heterocycles. The molecule has 0 aliphatic carbocycles. The fourth-order valence-corrected chi connectivity index (χ4v) is 3.96. The third kappa shape index (κ3) is 4.68. The van der Waals surface area contributed by atoms with Crippen LogP contribution in [-0.2, 0) is 4.79 Å². The first-order chi connectivity index (χ1) is 14.7. The van der Waals surface area contributed by atoms with Crippen molar-refractivity contribution >= 4 is 17.4 Å². The number of carbonyl (C=O) groups excluding carboxylic acids is 1. The maximum Gasteiger partial charge on any atom is 0.223 e. The summed E-state index contributed by atoms with van der Waals surface area (Å²) in [4.78, 5) is 21.9. The normalized spacial score (nSPS) is 16.0. The monoisotopic (exact) mass is 421 g/mol. The van der Waals surface area contributed by atoms with E-state index < -0.39 is 0 Å². The lowest BCUT2D eigenvalue weighted by molar-refractivity contribution is -0.134. The first-order valence-electron chi connectivity index (χ1n) is 10.8. The number of carbonyl (C=O) groups is 1. The second-order valence-electron chi connectivity index (χ2n) is 9.48. The van der Waals surface area contributed by atoms with E-state index in [4.69, 9.17) is 14.5 Å². The summed E-state index contributed by atoms with van der Waals surface area (Å²) in [6.45, 7) is 11.2. The molecule has 0 N–H and O–H groups in total. The van der Waals surface area contributed by atoms with Crippen molar-refractivity contribution in [3.8, 4) is 17.2 Å². The molecule has 0 radical (unpaired) electrons. The Morgan fingerprint density at radius 2 is 1.81 bits per heavy atom. The average Bonchev–Trinajstić information content (AvgIpc) is 2.88. The summed E-state index contributed by atoms with van der Waals surface area (Å²) in [5.41, 5.74) is 2.86. The minimum absolute atomic E-state index is 0.00321. The van der Waals surface area contributed by atoms with Crippen LogP contribution in [0, 0.1) is 12.3 Å². The van der Waals surface area contributed by atoms with Crippen LogP contribution in [0.1, 0.15) is 38.3 Å². The second-order valence-corrected chi connectivity index (χ2v) is 9.48. The summed E-state index contributed by atoms with van der Waals surface area (Å²) in [5, 5.41) is 0. The van der Waals surface area contributed by atoms with Gasteiger partial charge in [-0.05, 0) is 42.2 Å². The van der Waals surface area contributed by atoms with Crippen LogP contribution in [0.15, 0.2) is 41.4 Å².